The van der Waals surface area contributed by atoms with E-state index in [2.05, 4.69) is 270 Å². The van der Waals surface area contributed by atoms with Crippen LogP contribution in [0.25, 0.3) is 123 Å². The predicted octanol–water partition coefficient (Wildman–Crippen LogP) is 18.4. The third-order valence-corrected chi connectivity index (χ3v) is 16.2. The van der Waals surface area contributed by atoms with Gasteiger partial charge in [0.25, 0.3) is 0 Å². The van der Waals surface area contributed by atoms with Gasteiger partial charge < -0.3 is 0 Å². The molecule has 0 radical (unpaired) electrons. The maximum atomic E-state index is 5.44. The van der Waals surface area contributed by atoms with E-state index in [4.69, 9.17) is 19.9 Å². The van der Waals surface area contributed by atoms with Crippen LogP contribution >= 0.6 is 0 Å². The van der Waals surface area contributed by atoms with Gasteiger partial charge in [0.05, 0.1) is 22.8 Å². The summed E-state index contributed by atoms with van der Waals surface area (Å²) in [4.78, 5) is 21.7. The van der Waals surface area contributed by atoms with Crippen molar-refractivity contribution >= 4 is 10.8 Å². The summed E-state index contributed by atoms with van der Waals surface area (Å²) < 4.78 is 0. The van der Waals surface area contributed by atoms with Crippen LogP contribution in [0.4, 0.5) is 0 Å². The molecule has 12 aromatic rings. The zero-order valence-electron chi connectivity index (χ0n) is 42.9. The molecule has 2 aromatic heterocycles. The fourth-order valence-electron chi connectivity index (χ4n) is 12.1. The summed E-state index contributed by atoms with van der Waals surface area (Å²) in [6, 6.07) is 87.1. The van der Waals surface area contributed by atoms with Crippen molar-refractivity contribution < 1.29 is 0 Å². The topological polar surface area (TPSA) is 51.6 Å². The first kappa shape index (κ1) is 45.3. The van der Waals surface area contributed by atoms with Crippen LogP contribution in [0.3, 0.4) is 0 Å². The lowest BCUT2D eigenvalue weighted by Crippen LogP contribution is -2.15. The summed E-state index contributed by atoms with van der Waals surface area (Å²) in [5, 5.41) is 2.15. The SMILES string of the molecule is CC1(C)c2ccccc2-c2ccc(-c3cc(-c4cccc5c(-c6cc(-c7ccc8c(c7)C(C)(C)c7ccccc7-8)nc(-c7ccc(-c8ccccc8)cc7)n6)cccc45)nc(-c4ccc(-c5ccccc5)cc4)n3)cc21. The number of aromatic nitrogens is 4. The van der Waals surface area contributed by atoms with Crippen molar-refractivity contribution in [2.24, 2.45) is 0 Å². The maximum absolute atomic E-state index is 5.44. The molecule has 4 nitrogen and oxygen atoms in total. The summed E-state index contributed by atoms with van der Waals surface area (Å²) in [6.07, 6.45) is 0. The Hall–Kier alpha value is -9.38. The molecule has 0 saturated heterocycles. The molecule has 0 spiro atoms. The summed E-state index contributed by atoms with van der Waals surface area (Å²) in [7, 11) is 0. The summed E-state index contributed by atoms with van der Waals surface area (Å²) >= 11 is 0. The summed E-state index contributed by atoms with van der Waals surface area (Å²) in [6.45, 7) is 9.32. The monoisotopic (exact) mass is 972 g/mol. The first-order valence-electron chi connectivity index (χ1n) is 26.3. The third kappa shape index (κ3) is 7.51. The van der Waals surface area contributed by atoms with Gasteiger partial charge in [-0.1, -0.05) is 246 Å². The first-order valence-corrected chi connectivity index (χ1v) is 26.3. The van der Waals surface area contributed by atoms with Gasteiger partial charge in [0.2, 0.25) is 0 Å². The Kier molecular flexibility index (Phi) is 10.5. The summed E-state index contributed by atoms with van der Waals surface area (Å²) in [5.41, 5.74) is 24.3. The van der Waals surface area contributed by atoms with E-state index in [0.29, 0.717) is 11.6 Å². The van der Waals surface area contributed by atoms with Gasteiger partial charge in [0.15, 0.2) is 11.6 Å². The Morgan fingerprint density at radius 3 is 0.961 bits per heavy atom. The Bertz CT molecular complexity index is 3970. The molecule has 2 aliphatic carbocycles. The molecule has 10 aromatic carbocycles. The van der Waals surface area contributed by atoms with Crippen molar-refractivity contribution in [1.82, 2.24) is 19.9 Å². The molecule has 0 unspecified atom stereocenters. The molecule has 0 N–H and O–H groups in total. The average Bonchev–Trinajstić information content (AvgIpc) is 3.90. The van der Waals surface area contributed by atoms with Crippen molar-refractivity contribution in [2.45, 2.75) is 38.5 Å². The van der Waals surface area contributed by atoms with Crippen LogP contribution in [0, 0.1) is 0 Å². The summed E-state index contributed by atoms with van der Waals surface area (Å²) in [5.74, 6) is 1.35. The van der Waals surface area contributed by atoms with E-state index in [1.165, 1.54) is 55.6 Å². The quantitative estimate of drug-likeness (QED) is 0.152. The van der Waals surface area contributed by atoms with E-state index in [1.54, 1.807) is 0 Å². The van der Waals surface area contributed by atoms with Crippen molar-refractivity contribution in [3.8, 4) is 112 Å². The van der Waals surface area contributed by atoms with Gasteiger partial charge in [-0.25, -0.2) is 19.9 Å². The molecule has 0 aliphatic heterocycles. The molecular formula is C72H52N4. The minimum absolute atomic E-state index is 0.157. The van der Waals surface area contributed by atoms with Gasteiger partial charge in [0.1, 0.15) is 0 Å². The van der Waals surface area contributed by atoms with Crippen molar-refractivity contribution in [1.29, 1.82) is 0 Å². The Morgan fingerprint density at radius 1 is 0.224 bits per heavy atom. The number of hydrogen-bond donors (Lipinski definition) is 0. The molecule has 14 rings (SSSR count). The third-order valence-electron chi connectivity index (χ3n) is 16.2. The first-order chi connectivity index (χ1) is 37.2. The van der Waals surface area contributed by atoms with Crippen LogP contribution in [0.1, 0.15) is 49.9 Å². The van der Waals surface area contributed by atoms with Crippen LogP contribution < -0.4 is 0 Å². The molecule has 2 aliphatic rings. The van der Waals surface area contributed by atoms with E-state index in [9.17, 15) is 0 Å². The molecule has 2 heterocycles. The minimum Gasteiger partial charge on any atom is -0.228 e. The molecule has 0 fully saturated rings. The van der Waals surface area contributed by atoms with Gasteiger partial charge >= 0.3 is 0 Å². The number of nitrogens with zero attached hydrogens (tertiary/aromatic N) is 4. The van der Waals surface area contributed by atoms with Crippen molar-refractivity contribution in [2.75, 3.05) is 0 Å². The fourth-order valence-corrected chi connectivity index (χ4v) is 12.1. The molecule has 0 saturated carbocycles. The van der Waals surface area contributed by atoms with E-state index >= 15 is 0 Å². The van der Waals surface area contributed by atoms with Gasteiger partial charge in [-0.15, -0.1) is 0 Å². The van der Waals surface area contributed by atoms with Crippen molar-refractivity contribution in [3.05, 3.63) is 265 Å². The van der Waals surface area contributed by atoms with E-state index in [1.807, 2.05) is 0 Å². The molecule has 4 heteroatoms. The number of benzene rings is 10. The van der Waals surface area contributed by atoms with Crippen LogP contribution in [0.5, 0.6) is 0 Å². The lowest BCUT2D eigenvalue weighted by Gasteiger charge is -2.22. The molecule has 76 heavy (non-hydrogen) atoms. The van der Waals surface area contributed by atoms with Gasteiger partial charge in [-0.3, -0.25) is 0 Å². The average molecular weight is 973 g/mol. The number of hydrogen-bond acceptors (Lipinski definition) is 4. The van der Waals surface area contributed by atoms with Crippen LogP contribution in [0.2, 0.25) is 0 Å². The molecule has 0 atom stereocenters. The second kappa shape index (κ2) is 17.6. The highest BCUT2D eigenvalue weighted by Crippen LogP contribution is 2.51. The standard InChI is InChI=1S/C72H52N4/c1-71(2)61-27-13-11-21-55(61)57-39-37-51(41-63(57)71)65-43-67(75-69(73-65)49-33-29-47(30-34-49)45-17-7-5-8-18-45)59-25-15-24-54-53(59)23-16-26-60(54)68-44-66(52-38-40-58-56-22-12-14-28-62(56)72(3,4)64(58)42-52)74-70(76-68)50-35-31-48(32-36-50)46-19-9-6-10-20-46/h5-44H,1-4H3. The molecule has 360 valence electrons. The van der Waals surface area contributed by atoms with E-state index in [0.717, 1.165) is 78.1 Å². The van der Waals surface area contributed by atoms with Crippen LogP contribution in [-0.4, -0.2) is 19.9 Å². The molecule has 0 amide bonds. The van der Waals surface area contributed by atoms with E-state index < -0.39 is 0 Å². The predicted molar refractivity (Wildman–Crippen MR) is 314 cm³/mol. The Labute approximate surface area is 444 Å². The highest BCUT2D eigenvalue weighted by Gasteiger charge is 2.37. The lowest BCUT2D eigenvalue weighted by molar-refractivity contribution is 0.660. The zero-order chi connectivity index (χ0) is 51.1. The smallest absolute Gasteiger partial charge is 0.160 e. The fraction of sp³-hybridized carbons (Fsp3) is 0.0833. The maximum Gasteiger partial charge on any atom is 0.160 e. The largest absolute Gasteiger partial charge is 0.228 e. The number of rotatable bonds is 8. The van der Waals surface area contributed by atoms with Crippen LogP contribution in [-0.2, 0) is 10.8 Å². The highest BCUT2D eigenvalue weighted by atomic mass is 14.9. The Balaban J connectivity index is 0.922. The minimum atomic E-state index is -0.157. The lowest BCUT2D eigenvalue weighted by atomic mass is 9.82. The van der Waals surface area contributed by atoms with Gasteiger partial charge in [-0.05, 0) is 102 Å². The van der Waals surface area contributed by atoms with Gasteiger partial charge in [0, 0.05) is 44.2 Å². The molecule has 0 bridgehead atoms. The normalized spacial score (nSPS) is 13.5. The second-order valence-electron chi connectivity index (χ2n) is 21.4. The van der Waals surface area contributed by atoms with Crippen LogP contribution in [0.15, 0.2) is 243 Å². The Morgan fingerprint density at radius 2 is 0.539 bits per heavy atom. The highest BCUT2D eigenvalue weighted by molar-refractivity contribution is 6.04. The molecular weight excluding hydrogens is 921 g/mol. The second-order valence-corrected chi connectivity index (χ2v) is 21.4. The van der Waals surface area contributed by atoms with Gasteiger partial charge in [-0.2, -0.15) is 0 Å². The van der Waals surface area contributed by atoms with E-state index in [-0.39, 0.29) is 10.8 Å². The number of fused-ring (bicyclic) bond motifs is 7. The van der Waals surface area contributed by atoms with Crippen molar-refractivity contribution in [3.63, 3.8) is 0 Å². The zero-order valence-corrected chi connectivity index (χ0v) is 42.9.